The average Bonchev–Trinajstić information content (AvgIpc) is 2.66. The minimum Gasteiger partial charge on any atom is -0.486 e. The number of anilines is 1. The number of aryl methyl sites for hydroxylation is 1. The van der Waals surface area contributed by atoms with Crippen LogP contribution in [0.15, 0.2) is 47.6 Å². The van der Waals surface area contributed by atoms with Crippen LogP contribution in [0.1, 0.15) is 29.3 Å². The van der Waals surface area contributed by atoms with Gasteiger partial charge in [-0.3, -0.25) is 9.59 Å². The van der Waals surface area contributed by atoms with Crippen LogP contribution < -0.4 is 20.2 Å². The molecule has 0 saturated carbocycles. The van der Waals surface area contributed by atoms with Crippen LogP contribution in [0.3, 0.4) is 0 Å². The molecule has 0 atom stereocenters. The van der Waals surface area contributed by atoms with Gasteiger partial charge in [0.1, 0.15) is 13.2 Å². The highest BCUT2D eigenvalue weighted by atomic mass is 16.6. The molecule has 3 rings (SSSR count). The van der Waals surface area contributed by atoms with Crippen LogP contribution in [0.2, 0.25) is 0 Å². The topological polar surface area (TPSA) is 89.0 Å². The first-order chi connectivity index (χ1) is 13.0. The number of hydrazone groups is 1. The van der Waals surface area contributed by atoms with Crippen molar-refractivity contribution in [3.8, 4) is 11.5 Å². The van der Waals surface area contributed by atoms with E-state index >= 15 is 0 Å². The van der Waals surface area contributed by atoms with Crippen LogP contribution >= 0.6 is 0 Å². The third-order valence-corrected chi connectivity index (χ3v) is 3.90. The highest BCUT2D eigenvalue weighted by Gasteiger charge is 2.13. The zero-order valence-electron chi connectivity index (χ0n) is 15.2. The zero-order valence-corrected chi connectivity index (χ0v) is 15.2. The van der Waals surface area contributed by atoms with E-state index in [4.69, 9.17) is 9.47 Å². The van der Waals surface area contributed by atoms with Crippen molar-refractivity contribution in [2.24, 2.45) is 5.10 Å². The van der Waals surface area contributed by atoms with Crippen molar-refractivity contribution >= 4 is 23.2 Å². The lowest BCUT2D eigenvalue weighted by molar-refractivity contribution is -0.115. The van der Waals surface area contributed by atoms with Crippen LogP contribution in [-0.2, 0) is 4.79 Å². The summed E-state index contributed by atoms with van der Waals surface area (Å²) in [6, 6.07) is 12.4. The van der Waals surface area contributed by atoms with Gasteiger partial charge in [0.25, 0.3) is 5.91 Å². The molecule has 0 fully saturated rings. The van der Waals surface area contributed by atoms with Gasteiger partial charge in [0, 0.05) is 23.0 Å². The van der Waals surface area contributed by atoms with Gasteiger partial charge in [-0.05, 0) is 38.1 Å². The van der Waals surface area contributed by atoms with Gasteiger partial charge in [-0.2, -0.15) is 5.10 Å². The fourth-order valence-corrected chi connectivity index (χ4v) is 2.51. The average molecular weight is 367 g/mol. The number of carbonyl (C=O) groups is 2. The summed E-state index contributed by atoms with van der Waals surface area (Å²) in [6.07, 6.45) is 0.0582. The summed E-state index contributed by atoms with van der Waals surface area (Å²) in [7, 11) is 0. The van der Waals surface area contributed by atoms with Gasteiger partial charge in [-0.25, -0.2) is 5.43 Å². The van der Waals surface area contributed by atoms with Gasteiger partial charge in [-0.15, -0.1) is 0 Å². The Kier molecular flexibility index (Phi) is 5.71. The van der Waals surface area contributed by atoms with Crippen molar-refractivity contribution in [2.75, 3.05) is 18.5 Å². The lowest BCUT2D eigenvalue weighted by Crippen LogP contribution is -2.21. The molecule has 1 aliphatic rings. The summed E-state index contributed by atoms with van der Waals surface area (Å²) in [4.78, 5) is 24.2. The van der Waals surface area contributed by atoms with E-state index in [1.807, 2.05) is 19.1 Å². The van der Waals surface area contributed by atoms with E-state index in [1.54, 1.807) is 37.3 Å². The minimum absolute atomic E-state index is 0.0582. The number of nitrogens with one attached hydrogen (secondary N) is 2. The van der Waals surface area contributed by atoms with E-state index in [-0.39, 0.29) is 18.2 Å². The molecule has 2 aromatic rings. The molecule has 2 aromatic carbocycles. The molecule has 0 radical (unpaired) electrons. The Morgan fingerprint density at radius 2 is 1.74 bits per heavy atom. The van der Waals surface area contributed by atoms with Crippen LogP contribution in [0.4, 0.5) is 5.69 Å². The normalized spacial score (nSPS) is 13.0. The largest absolute Gasteiger partial charge is 0.486 e. The van der Waals surface area contributed by atoms with E-state index in [1.165, 1.54) is 0 Å². The Balaban J connectivity index is 1.53. The summed E-state index contributed by atoms with van der Waals surface area (Å²) < 4.78 is 10.9. The fourth-order valence-electron chi connectivity index (χ4n) is 2.51. The second-order valence-electron chi connectivity index (χ2n) is 6.24. The summed E-state index contributed by atoms with van der Waals surface area (Å²) in [5.41, 5.74) is 5.15. The molecule has 1 aliphatic heterocycles. The van der Waals surface area contributed by atoms with Crippen molar-refractivity contribution in [1.29, 1.82) is 0 Å². The maximum Gasteiger partial charge on any atom is 0.271 e. The number of hydrogen-bond donors (Lipinski definition) is 2. The number of nitrogens with zero attached hydrogens (tertiary/aromatic N) is 1. The molecule has 140 valence electrons. The van der Waals surface area contributed by atoms with Crippen molar-refractivity contribution in [2.45, 2.75) is 20.3 Å². The summed E-state index contributed by atoms with van der Waals surface area (Å²) in [5.74, 6) is 0.713. The maximum absolute atomic E-state index is 12.2. The third kappa shape index (κ3) is 5.07. The van der Waals surface area contributed by atoms with E-state index in [2.05, 4.69) is 15.8 Å². The fraction of sp³-hybridized carbons (Fsp3) is 0.250. The highest BCUT2D eigenvalue weighted by molar-refractivity contribution is 6.06. The molecule has 2 N–H and O–H groups in total. The number of carbonyl (C=O) groups excluding carboxylic acids is 2. The number of ether oxygens (including phenoxy) is 2. The molecule has 0 aliphatic carbocycles. The number of amides is 2. The first kappa shape index (κ1) is 18.4. The molecular weight excluding hydrogens is 346 g/mol. The first-order valence-electron chi connectivity index (χ1n) is 8.61. The van der Waals surface area contributed by atoms with Gasteiger partial charge in [0.2, 0.25) is 5.91 Å². The van der Waals surface area contributed by atoms with Crippen LogP contribution in [-0.4, -0.2) is 30.7 Å². The molecule has 0 spiro atoms. The highest BCUT2D eigenvalue weighted by Crippen LogP contribution is 2.32. The molecule has 1 heterocycles. The van der Waals surface area contributed by atoms with E-state index in [0.717, 1.165) is 5.56 Å². The predicted molar refractivity (Wildman–Crippen MR) is 102 cm³/mol. The number of benzene rings is 2. The van der Waals surface area contributed by atoms with Gasteiger partial charge in [0.05, 0.1) is 6.42 Å². The summed E-state index contributed by atoms with van der Waals surface area (Å²) in [6.45, 7) is 4.63. The lowest BCUT2D eigenvalue weighted by atomic mass is 10.1. The maximum atomic E-state index is 12.2. The standard InChI is InChI=1S/C20H21N3O4/c1-13-3-5-15(6-4-13)20(25)23-22-14(2)11-19(24)21-16-7-8-17-18(12-16)27-10-9-26-17/h3-8,12H,9-11H2,1-2H3,(H,21,24)(H,23,25). The first-order valence-corrected chi connectivity index (χ1v) is 8.61. The van der Waals surface area contributed by atoms with Gasteiger partial charge < -0.3 is 14.8 Å². The molecule has 0 unspecified atom stereocenters. The Bertz CT molecular complexity index is 875. The van der Waals surface area contributed by atoms with E-state index in [9.17, 15) is 9.59 Å². The van der Waals surface area contributed by atoms with Gasteiger partial charge in [0.15, 0.2) is 11.5 Å². The number of fused-ring (bicyclic) bond motifs is 1. The SMILES string of the molecule is CC(CC(=O)Nc1ccc2c(c1)OCCO2)=NNC(=O)c1ccc(C)cc1. The molecule has 0 aromatic heterocycles. The smallest absolute Gasteiger partial charge is 0.271 e. The monoisotopic (exact) mass is 367 g/mol. The molecular formula is C20H21N3O4. The second kappa shape index (κ2) is 8.35. The quantitative estimate of drug-likeness (QED) is 0.628. The summed E-state index contributed by atoms with van der Waals surface area (Å²) >= 11 is 0. The van der Waals surface area contributed by atoms with Crippen molar-refractivity contribution < 1.29 is 19.1 Å². The van der Waals surface area contributed by atoms with Crippen LogP contribution in [0.25, 0.3) is 0 Å². The molecule has 7 nitrogen and oxygen atoms in total. The van der Waals surface area contributed by atoms with E-state index < -0.39 is 0 Å². The van der Waals surface area contributed by atoms with Gasteiger partial charge in [-0.1, -0.05) is 17.7 Å². The predicted octanol–water partition coefficient (Wildman–Crippen LogP) is 2.90. The number of rotatable bonds is 5. The Labute approximate surface area is 157 Å². The third-order valence-electron chi connectivity index (χ3n) is 3.90. The Morgan fingerprint density at radius 3 is 2.48 bits per heavy atom. The Hall–Kier alpha value is -3.35. The van der Waals surface area contributed by atoms with E-state index in [0.29, 0.717) is 41.7 Å². The second-order valence-corrected chi connectivity index (χ2v) is 6.24. The van der Waals surface area contributed by atoms with Crippen molar-refractivity contribution in [3.05, 3.63) is 53.6 Å². The van der Waals surface area contributed by atoms with Crippen LogP contribution in [0.5, 0.6) is 11.5 Å². The molecule has 7 heteroatoms. The number of hydrogen-bond acceptors (Lipinski definition) is 5. The van der Waals surface area contributed by atoms with Gasteiger partial charge >= 0.3 is 0 Å². The summed E-state index contributed by atoms with van der Waals surface area (Å²) in [5, 5.41) is 6.77. The zero-order chi connectivity index (χ0) is 19.2. The van der Waals surface area contributed by atoms with Crippen LogP contribution in [0, 0.1) is 6.92 Å². The lowest BCUT2D eigenvalue weighted by Gasteiger charge is -2.19. The molecule has 0 saturated heterocycles. The minimum atomic E-state index is -0.318. The van der Waals surface area contributed by atoms with Crippen molar-refractivity contribution in [1.82, 2.24) is 5.43 Å². The Morgan fingerprint density at radius 1 is 1.04 bits per heavy atom. The molecule has 0 bridgehead atoms. The molecule has 27 heavy (non-hydrogen) atoms. The van der Waals surface area contributed by atoms with Crippen molar-refractivity contribution in [3.63, 3.8) is 0 Å². The molecule has 2 amide bonds.